The third-order valence-electron chi connectivity index (χ3n) is 2.92. The van der Waals surface area contributed by atoms with Crippen LogP contribution >= 0.6 is 0 Å². The maximum absolute atomic E-state index is 11.6. The largest absolute Gasteiger partial charge is 0.379 e. The van der Waals surface area contributed by atoms with Gasteiger partial charge in [-0.2, -0.15) is 0 Å². The van der Waals surface area contributed by atoms with Crippen molar-refractivity contribution in [3.63, 3.8) is 0 Å². The SMILES string of the molecule is CCCNC(=O)C(C)NCCN1CCOCC1. The van der Waals surface area contributed by atoms with Gasteiger partial charge in [-0.15, -0.1) is 0 Å². The smallest absolute Gasteiger partial charge is 0.236 e. The molecule has 0 aromatic carbocycles. The average molecular weight is 243 g/mol. The minimum absolute atomic E-state index is 0.0915. The molecule has 0 saturated carbocycles. The molecule has 100 valence electrons. The molecule has 5 heteroatoms. The van der Waals surface area contributed by atoms with E-state index in [-0.39, 0.29) is 11.9 Å². The van der Waals surface area contributed by atoms with Crippen LogP contribution in [0.3, 0.4) is 0 Å². The maximum Gasteiger partial charge on any atom is 0.236 e. The van der Waals surface area contributed by atoms with Gasteiger partial charge in [0.25, 0.3) is 0 Å². The second kappa shape index (κ2) is 8.44. The molecular formula is C12H25N3O2. The van der Waals surface area contributed by atoms with Crippen LogP contribution in [0.1, 0.15) is 20.3 Å². The minimum Gasteiger partial charge on any atom is -0.379 e. The molecule has 0 aromatic heterocycles. The molecule has 0 aliphatic carbocycles. The summed E-state index contributed by atoms with van der Waals surface area (Å²) >= 11 is 0. The van der Waals surface area contributed by atoms with Crippen molar-refractivity contribution < 1.29 is 9.53 Å². The van der Waals surface area contributed by atoms with Crippen LogP contribution in [0.15, 0.2) is 0 Å². The first-order valence-electron chi connectivity index (χ1n) is 6.55. The summed E-state index contributed by atoms with van der Waals surface area (Å²) in [6.45, 7) is 10.2. The van der Waals surface area contributed by atoms with Crippen molar-refractivity contribution in [2.24, 2.45) is 0 Å². The molecule has 1 unspecified atom stereocenters. The number of morpholine rings is 1. The van der Waals surface area contributed by atoms with Gasteiger partial charge in [-0.25, -0.2) is 0 Å². The molecule has 17 heavy (non-hydrogen) atoms. The third kappa shape index (κ3) is 6.00. The fourth-order valence-electron chi connectivity index (χ4n) is 1.76. The Morgan fingerprint density at radius 1 is 1.35 bits per heavy atom. The molecule has 1 heterocycles. The number of amides is 1. The Morgan fingerprint density at radius 2 is 2.06 bits per heavy atom. The Kier molecular flexibility index (Phi) is 7.16. The topological polar surface area (TPSA) is 53.6 Å². The van der Waals surface area contributed by atoms with Gasteiger partial charge in [-0.3, -0.25) is 9.69 Å². The summed E-state index contributed by atoms with van der Waals surface area (Å²) in [4.78, 5) is 13.9. The van der Waals surface area contributed by atoms with Gasteiger partial charge in [0.05, 0.1) is 19.3 Å². The van der Waals surface area contributed by atoms with Crippen molar-refractivity contribution >= 4 is 5.91 Å². The summed E-state index contributed by atoms with van der Waals surface area (Å²) < 4.78 is 5.28. The summed E-state index contributed by atoms with van der Waals surface area (Å²) in [6.07, 6.45) is 0.978. The molecule has 1 aliphatic heterocycles. The number of hydrogen-bond donors (Lipinski definition) is 2. The van der Waals surface area contributed by atoms with Crippen molar-refractivity contribution in [2.45, 2.75) is 26.3 Å². The molecule has 0 radical (unpaired) electrons. The van der Waals surface area contributed by atoms with Gasteiger partial charge < -0.3 is 15.4 Å². The highest BCUT2D eigenvalue weighted by Crippen LogP contribution is 1.95. The normalized spacial score (nSPS) is 18.9. The monoisotopic (exact) mass is 243 g/mol. The maximum atomic E-state index is 11.6. The lowest BCUT2D eigenvalue weighted by molar-refractivity contribution is -0.122. The predicted molar refractivity (Wildman–Crippen MR) is 68.0 cm³/mol. The van der Waals surface area contributed by atoms with E-state index in [0.717, 1.165) is 52.4 Å². The van der Waals surface area contributed by atoms with E-state index >= 15 is 0 Å². The summed E-state index contributed by atoms with van der Waals surface area (Å²) in [5.74, 6) is 0.0915. The Morgan fingerprint density at radius 3 is 2.71 bits per heavy atom. The van der Waals surface area contributed by atoms with E-state index in [1.807, 2.05) is 6.92 Å². The standard InChI is InChI=1S/C12H25N3O2/c1-3-4-14-12(16)11(2)13-5-6-15-7-9-17-10-8-15/h11,13H,3-10H2,1-2H3,(H,14,16). The second-order valence-electron chi connectivity index (χ2n) is 4.42. The first kappa shape index (κ1) is 14.4. The number of hydrogen-bond acceptors (Lipinski definition) is 4. The average Bonchev–Trinajstić information content (AvgIpc) is 2.37. The van der Waals surface area contributed by atoms with E-state index in [9.17, 15) is 4.79 Å². The fraction of sp³-hybridized carbons (Fsp3) is 0.917. The van der Waals surface area contributed by atoms with E-state index in [0.29, 0.717) is 0 Å². The van der Waals surface area contributed by atoms with E-state index < -0.39 is 0 Å². The number of carbonyl (C=O) groups is 1. The Hall–Kier alpha value is -0.650. The fourth-order valence-corrected chi connectivity index (χ4v) is 1.76. The van der Waals surface area contributed by atoms with E-state index in [4.69, 9.17) is 4.74 Å². The van der Waals surface area contributed by atoms with Crippen LogP contribution in [0.5, 0.6) is 0 Å². The summed E-state index contributed by atoms with van der Waals surface area (Å²) in [6, 6.07) is -0.109. The quantitative estimate of drug-likeness (QED) is 0.651. The number of ether oxygens (including phenoxy) is 1. The van der Waals surface area contributed by atoms with Crippen LogP contribution in [0.25, 0.3) is 0 Å². The lowest BCUT2D eigenvalue weighted by atomic mass is 10.3. The molecule has 1 saturated heterocycles. The molecule has 0 spiro atoms. The first-order chi connectivity index (χ1) is 8.24. The third-order valence-corrected chi connectivity index (χ3v) is 2.92. The highest BCUT2D eigenvalue weighted by Gasteiger charge is 2.13. The van der Waals surface area contributed by atoms with Gasteiger partial charge in [0.15, 0.2) is 0 Å². The van der Waals surface area contributed by atoms with E-state index in [2.05, 4.69) is 22.5 Å². The van der Waals surface area contributed by atoms with Crippen LogP contribution in [-0.2, 0) is 9.53 Å². The predicted octanol–water partition coefficient (Wildman–Crippen LogP) is -0.177. The van der Waals surface area contributed by atoms with Crippen molar-refractivity contribution in [1.82, 2.24) is 15.5 Å². The molecule has 1 rings (SSSR count). The molecular weight excluding hydrogens is 218 g/mol. The molecule has 0 aromatic rings. The summed E-state index contributed by atoms with van der Waals surface area (Å²) in [7, 11) is 0. The van der Waals surface area contributed by atoms with Gasteiger partial charge in [0.1, 0.15) is 0 Å². The Labute approximate surface area is 104 Å². The molecule has 5 nitrogen and oxygen atoms in total. The Balaban J connectivity index is 2.06. The zero-order chi connectivity index (χ0) is 12.5. The van der Waals surface area contributed by atoms with Crippen molar-refractivity contribution in [1.29, 1.82) is 0 Å². The number of carbonyl (C=O) groups excluding carboxylic acids is 1. The summed E-state index contributed by atoms with van der Waals surface area (Å²) in [5, 5.41) is 6.13. The summed E-state index contributed by atoms with van der Waals surface area (Å²) in [5.41, 5.74) is 0. The molecule has 1 amide bonds. The highest BCUT2D eigenvalue weighted by molar-refractivity contribution is 5.81. The lowest BCUT2D eigenvalue weighted by Gasteiger charge is -2.27. The van der Waals surface area contributed by atoms with Gasteiger partial charge in [-0.05, 0) is 13.3 Å². The molecule has 1 fully saturated rings. The number of nitrogens with one attached hydrogen (secondary N) is 2. The van der Waals surface area contributed by atoms with Crippen molar-refractivity contribution in [2.75, 3.05) is 45.9 Å². The number of rotatable bonds is 7. The number of nitrogens with zero attached hydrogens (tertiary/aromatic N) is 1. The zero-order valence-corrected chi connectivity index (χ0v) is 11.0. The van der Waals surface area contributed by atoms with Gasteiger partial charge in [0.2, 0.25) is 5.91 Å². The van der Waals surface area contributed by atoms with E-state index in [1.165, 1.54) is 0 Å². The van der Waals surface area contributed by atoms with Crippen LogP contribution in [0.2, 0.25) is 0 Å². The van der Waals surface area contributed by atoms with Crippen LogP contribution in [0.4, 0.5) is 0 Å². The molecule has 1 atom stereocenters. The van der Waals surface area contributed by atoms with Crippen LogP contribution in [-0.4, -0.2) is 62.8 Å². The molecule has 1 aliphatic rings. The highest BCUT2D eigenvalue weighted by atomic mass is 16.5. The first-order valence-corrected chi connectivity index (χ1v) is 6.55. The minimum atomic E-state index is -0.109. The van der Waals surface area contributed by atoms with Gasteiger partial charge >= 0.3 is 0 Å². The molecule has 0 bridgehead atoms. The van der Waals surface area contributed by atoms with E-state index in [1.54, 1.807) is 0 Å². The van der Waals surface area contributed by atoms with Gasteiger partial charge in [-0.1, -0.05) is 6.92 Å². The van der Waals surface area contributed by atoms with Gasteiger partial charge in [0, 0.05) is 32.7 Å². The zero-order valence-electron chi connectivity index (χ0n) is 11.0. The molecule has 2 N–H and O–H groups in total. The lowest BCUT2D eigenvalue weighted by Crippen LogP contribution is -2.46. The van der Waals surface area contributed by atoms with Crippen LogP contribution in [0, 0.1) is 0 Å². The van der Waals surface area contributed by atoms with Crippen LogP contribution < -0.4 is 10.6 Å². The van der Waals surface area contributed by atoms with Crippen molar-refractivity contribution in [3.05, 3.63) is 0 Å². The van der Waals surface area contributed by atoms with Crippen molar-refractivity contribution in [3.8, 4) is 0 Å². The second-order valence-corrected chi connectivity index (χ2v) is 4.42. The Bertz CT molecular complexity index is 218.